The van der Waals surface area contributed by atoms with Crippen LogP contribution in [0.15, 0.2) is 39.9 Å². The van der Waals surface area contributed by atoms with Crippen molar-refractivity contribution in [2.75, 3.05) is 7.05 Å². The second kappa shape index (κ2) is 10.3. The highest BCUT2D eigenvalue weighted by molar-refractivity contribution is 14.0. The third-order valence-electron chi connectivity index (χ3n) is 5.24. The molecule has 1 aliphatic heterocycles. The molecule has 3 aromatic rings. The molecule has 2 N–H and O–H groups in total. The smallest absolute Gasteiger partial charge is 0.226 e. The third kappa shape index (κ3) is 5.63. The Morgan fingerprint density at radius 1 is 1.26 bits per heavy atom. The largest absolute Gasteiger partial charge is 0.444 e. The Hall–Kier alpha value is -2.43. The van der Waals surface area contributed by atoms with Crippen LogP contribution in [0.3, 0.4) is 0 Å². The van der Waals surface area contributed by atoms with Gasteiger partial charge in [-0.05, 0) is 25.5 Å². The normalized spacial score (nSPS) is 16.0. The minimum absolute atomic E-state index is 0. The van der Waals surface area contributed by atoms with Gasteiger partial charge in [0.05, 0.1) is 18.8 Å². The summed E-state index contributed by atoms with van der Waals surface area (Å²) in [4.78, 5) is 13.6. The first-order valence-electron chi connectivity index (χ1n) is 10.4. The number of guanidine groups is 1. The molecule has 0 saturated carbocycles. The van der Waals surface area contributed by atoms with E-state index in [0.29, 0.717) is 18.4 Å². The lowest BCUT2D eigenvalue weighted by Crippen LogP contribution is -2.46. The SMILES string of the molecule is CN=C(NCc1coc(-c2ccc(C)cc2)n1)NC1CCc2nc(C(C)C)nn2C1.I. The van der Waals surface area contributed by atoms with E-state index in [4.69, 9.17) is 4.42 Å². The van der Waals surface area contributed by atoms with Crippen molar-refractivity contribution in [1.29, 1.82) is 0 Å². The first kappa shape index (κ1) is 23.2. The minimum atomic E-state index is 0. The number of nitrogens with one attached hydrogen (secondary N) is 2. The summed E-state index contributed by atoms with van der Waals surface area (Å²) in [6.45, 7) is 7.63. The van der Waals surface area contributed by atoms with Crippen LogP contribution in [0.4, 0.5) is 0 Å². The Kier molecular flexibility index (Phi) is 7.69. The molecule has 1 aliphatic rings. The predicted octanol–water partition coefficient (Wildman–Crippen LogP) is 3.66. The fourth-order valence-electron chi connectivity index (χ4n) is 3.47. The maximum absolute atomic E-state index is 5.64. The monoisotopic (exact) mass is 535 g/mol. The number of fused-ring (bicyclic) bond motifs is 1. The molecule has 0 fully saturated rings. The summed E-state index contributed by atoms with van der Waals surface area (Å²) >= 11 is 0. The third-order valence-corrected chi connectivity index (χ3v) is 5.24. The molecular weight excluding hydrogens is 505 g/mol. The van der Waals surface area contributed by atoms with Gasteiger partial charge < -0.3 is 15.1 Å². The van der Waals surface area contributed by atoms with Gasteiger partial charge in [0, 0.05) is 31.0 Å². The van der Waals surface area contributed by atoms with E-state index in [1.165, 1.54) is 5.56 Å². The summed E-state index contributed by atoms with van der Waals surface area (Å²) < 4.78 is 7.66. The summed E-state index contributed by atoms with van der Waals surface area (Å²) in [5.41, 5.74) is 3.02. The molecule has 1 atom stereocenters. The van der Waals surface area contributed by atoms with Gasteiger partial charge in [0.25, 0.3) is 0 Å². The number of hydrogen-bond acceptors (Lipinski definition) is 5. The van der Waals surface area contributed by atoms with E-state index in [2.05, 4.69) is 63.6 Å². The highest BCUT2D eigenvalue weighted by Gasteiger charge is 2.23. The van der Waals surface area contributed by atoms with Crippen molar-refractivity contribution in [3.8, 4) is 11.5 Å². The van der Waals surface area contributed by atoms with Gasteiger partial charge in [-0.25, -0.2) is 14.6 Å². The number of rotatable bonds is 5. The number of aromatic nitrogens is 4. The van der Waals surface area contributed by atoms with Crippen molar-refractivity contribution in [1.82, 2.24) is 30.4 Å². The number of oxazole rings is 1. The van der Waals surface area contributed by atoms with Crippen LogP contribution in [0.25, 0.3) is 11.5 Å². The standard InChI is InChI=1S/C22H29N7O.HI/c1-14(2)20-27-19-10-9-17(12-29(19)28-20)26-22(23-4)24-11-18-13-30-21(25-18)16-7-5-15(3)6-8-16;/h5-8,13-14,17H,9-12H2,1-4H3,(H2,23,24,26);1H. The zero-order chi connectivity index (χ0) is 21.1. The molecule has 166 valence electrons. The van der Waals surface area contributed by atoms with E-state index in [1.54, 1.807) is 13.3 Å². The highest BCUT2D eigenvalue weighted by Crippen LogP contribution is 2.19. The Morgan fingerprint density at radius 3 is 2.74 bits per heavy atom. The van der Waals surface area contributed by atoms with Crippen molar-refractivity contribution in [3.05, 3.63) is 53.4 Å². The van der Waals surface area contributed by atoms with Gasteiger partial charge in [-0.15, -0.1) is 24.0 Å². The first-order chi connectivity index (χ1) is 14.5. The zero-order valence-electron chi connectivity index (χ0n) is 18.4. The van der Waals surface area contributed by atoms with Gasteiger partial charge in [0.15, 0.2) is 11.8 Å². The zero-order valence-corrected chi connectivity index (χ0v) is 20.8. The average Bonchev–Trinajstić information content (AvgIpc) is 3.38. The van der Waals surface area contributed by atoms with Crippen molar-refractivity contribution >= 4 is 29.9 Å². The fraction of sp³-hybridized carbons (Fsp3) is 0.455. The van der Waals surface area contributed by atoms with E-state index in [-0.39, 0.29) is 30.0 Å². The molecule has 0 amide bonds. The molecule has 0 saturated heterocycles. The van der Waals surface area contributed by atoms with Crippen molar-refractivity contribution in [2.45, 2.75) is 58.7 Å². The van der Waals surface area contributed by atoms with Gasteiger partial charge >= 0.3 is 0 Å². The predicted molar refractivity (Wildman–Crippen MR) is 132 cm³/mol. The molecular formula is C22H30IN7O. The number of hydrogen-bond donors (Lipinski definition) is 2. The Balaban J connectivity index is 0.00000272. The number of aryl methyl sites for hydroxylation is 2. The summed E-state index contributed by atoms with van der Waals surface area (Å²) in [5.74, 6) is 3.71. The summed E-state index contributed by atoms with van der Waals surface area (Å²) in [5, 5.41) is 11.5. The van der Waals surface area contributed by atoms with Gasteiger partial charge in [0.2, 0.25) is 5.89 Å². The number of benzene rings is 1. The van der Waals surface area contributed by atoms with Crippen LogP contribution in [-0.4, -0.2) is 38.8 Å². The van der Waals surface area contributed by atoms with Crippen LogP contribution >= 0.6 is 24.0 Å². The van der Waals surface area contributed by atoms with E-state index in [9.17, 15) is 0 Å². The second-order valence-electron chi connectivity index (χ2n) is 8.04. The molecule has 0 spiro atoms. The van der Waals surface area contributed by atoms with Crippen LogP contribution in [0, 0.1) is 6.92 Å². The van der Waals surface area contributed by atoms with Crippen molar-refractivity contribution < 1.29 is 4.42 Å². The molecule has 1 unspecified atom stereocenters. The summed E-state index contributed by atoms with van der Waals surface area (Å²) in [6.07, 6.45) is 3.60. The first-order valence-corrected chi connectivity index (χ1v) is 10.4. The molecule has 4 rings (SSSR count). The minimum Gasteiger partial charge on any atom is -0.444 e. The van der Waals surface area contributed by atoms with Gasteiger partial charge in [-0.3, -0.25) is 4.99 Å². The van der Waals surface area contributed by atoms with Gasteiger partial charge in [-0.1, -0.05) is 31.5 Å². The maximum atomic E-state index is 5.64. The lowest BCUT2D eigenvalue weighted by molar-refractivity contribution is 0.391. The molecule has 2 aromatic heterocycles. The van der Waals surface area contributed by atoms with Crippen molar-refractivity contribution in [2.24, 2.45) is 4.99 Å². The van der Waals surface area contributed by atoms with Crippen LogP contribution in [0.1, 0.15) is 49.1 Å². The molecule has 0 radical (unpaired) electrons. The van der Waals surface area contributed by atoms with E-state index in [0.717, 1.165) is 48.3 Å². The van der Waals surface area contributed by atoms with E-state index < -0.39 is 0 Å². The lowest BCUT2D eigenvalue weighted by Gasteiger charge is -2.25. The summed E-state index contributed by atoms with van der Waals surface area (Å²) in [7, 11) is 1.77. The molecule has 3 heterocycles. The maximum Gasteiger partial charge on any atom is 0.226 e. The molecule has 1 aromatic carbocycles. The van der Waals surface area contributed by atoms with Crippen LogP contribution in [-0.2, 0) is 19.5 Å². The number of nitrogens with zero attached hydrogens (tertiary/aromatic N) is 5. The Labute approximate surface area is 200 Å². The molecule has 0 aliphatic carbocycles. The van der Waals surface area contributed by atoms with Gasteiger partial charge in [-0.2, -0.15) is 5.10 Å². The second-order valence-corrected chi connectivity index (χ2v) is 8.04. The van der Waals surface area contributed by atoms with Crippen LogP contribution in [0.5, 0.6) is 0 Å². The molecule has 8 nitrogen and oxygen atoms in total. The highest BCUT2D eigenvalue weighted by atomic mass is 127. The Bertz CT molecular complexity index is 1020. The van der Waals surface area contributed by atoms with Gasteiger partial charge in [0.1, 0.15) is 12.1 Å². The fourth-order valence-corrected chi connectivity index (χ4v) is 3.47. The number of halogens is 1. The molecule has 9 heteroatoms. The summed E-state index contributed by atoms with van der Waals surface area (Å²) in [6, 6.07) is 8.40. The molecule has 0 bridgehead atoms. The van der Waals surface area contributed by atoms with Crippen LogP contribution < -0.4 is 10.6 Å². The average molecular weight is 535 g/mol. The number of aliphatic imine (C=N–C) groups is 1. The lowest BCUT2D eigenvalue weighted by atomic mass is 10.1. The molecule has 31 heavy (non-hydrogen) atoms. The van der Waals surface area contributed by atoms with Crippen LogP contribution in [0.2, 0.25) is 0 Å². The van der Waals surface area contributed by atoms with E-state index in [1.807, 2.05) is 16.8 Å². The van der Waals surface area contributed by atoms with E-state index >= 15 is 0 Å². The topological polar surface area (TPSA) is 93.2 Å². The quantitative estimate of drug-likeness (QED) is 0.294. The van der Waals surface area contributed by atoms with Crippen molar-refractivity contribution in [3.63, 3.8) is 0 Å². The Morgan fingerprint density at radius 2 is 2.03 bits per heavy atom.